The molecule has 0 aliphatic carbocycles. The number of aryl methyl sites for hydroxylation is 3. The molecule has 152 valence electrons. The highest BCUT2D eigenvalue weighted by atomic mass is 32.1. The lowest BCUT2D eigenvalue weighted by Crippen LogP contribution is -2.30. The Hall–Kier alpha value is -2.55. The van der Waals surface area contributed by atoms with E-state index in [-0.39, 0.29) is 0 Å². The zero-order chi connectivity index (χ0) is 20.2. The minimum absolute atomic E-state index is 0.463. The number of fused-ring (bicyclic) bond motifs is 1. The van der Waals surface area contributed by atoms with Gasteiger partial charge in [0.05, 0.1) is 23.2 Å². The highest BCUT2D eigenvalue weighted by molar-refractivity contribution is 7.13. The average Bonchev–Trinajstić information content (AvgIpc) is 3.44. The Morgan fingerprint density at radius 1 is 1.17 bits per heavy atom. The number of imidazole rings is 1. The van der Waals surface area contributed by atoms with Crippen LogP contribution in [-0.4, -0.2) is 48.4 Å². The topological polar surface area (TPSA) is 80.3 Å². The van der Waals surface area contributed by atoms with Crippen LogP contribution in [0.15, 0.2) is 41.9 Å². The molecule has 1 atom stereocenters. The first-order chi connectivity index (χ1) is 14.1. The van der Waals surface area contributed by atoms with Gasteiger partial charge in [-0.1, -0.05) is 19.1 Å². The van der Waals surface area contributed by atoms with Crippen molar-refractivity contribution in [1.82, 2.24) is 29.5 Å². The molecule has 0 saturated heterocycles. The smallest absolute Gasteiger partial charge is 0.155 e. The van der Waals surface area contributed by atoms with Gasteiger partial charge in [-0.3, -0.25) is 0 Å². The van der Waals surface area contributed by atoms with E-state index in [4.69, 9.17) is 4.98 Å². The SMILES string of the molecule is CCNCC(O)Cn1cc(-c2cccs2)nc1CCc1nc2cccc(C)n2n1. The Morgan fingerprint density at radius 3 is 2.83 bits per heavy atom. The van der Waals surface area contributed by atoms with E-state index in [1.165, 1.54) is 0 Å². The van der Waals surface area contributed by atoms with E-state index in [2.05, 4.69) is 31.4 Å². The minimum atomic E-state index is -0.463. The van der Waals surface area contributed by atoms with Gasteiger partial charge in [-0.2, -0.15) is 5.10 Å². The first-order valence-corrected chi connectivity index (χ1v) is 10.8. The summed E-state index contributed by atoms with van der Waals surface area (Å²) in [5.74, 6) is 1.75. The maximum absolute atomic E-state index is 10.4. The fourth-order valence-corrected chi connectivity index (χ4v) is 4.05. The molecule has 0 aliphatic heterocycles. The first kappa shape index (κ1) is 19.8. The van der Waals surface area contributed by atoms with Crippen molar-refractivity contribution in [3.8, 4) is 10.6 Å². The molecule has 0 aromatic carbocycles. The maximum Gasteiger partial charge on any atom is 0.155 e. The van der Waals surface area contributed by atoms with Crippen molar-refractivity contribution in [1.29, 1.82) is 0 Å². The molecule has 0 bridgehead atoms. The Balaban J connectivity index is 1.54. The van der Waals surface area contributed by atoms with Crippen molar-refractivity contribution in [2.45, 2.75) is 39.3 Å². The average molecular weight is 411 g/mol. The number of nitrogens with zero attached hydrogens (tertiary/aromatic N) is 5. The summed E-state index contributed by atoms with van der Waals surface area (Å²) in [6.07, 6.45) is 2.99. The molecule has 4 aromatic heterocycles. The van der Waals surface area contributed by atoms with Gasteiger partial charge >= 0.3 is 0 Å². The van der Waals surface area contributed by atoms with E-state index >= 15 is 0 Å². The Bertz CT molecular complexity index is 1070. The van der Waals surface area contributed by atoms with Gasteiger partial charge in [0, 0.05) is 31.3 Å². The van der Waals surface area contributed by atoms with Crippen molar-refractivity contribution < 1.29 is 5.11 Å². The summed E-state index contributed by atoms with van der Waals surface area (Å²) in [6, 6.07) is 10.1. The number of aliphatic hydroxyl groups excluding tert-OH is 1. The second-order valence-electron chi connectivity index (χ2n) is 7.10. The molecule has 0 saturated carbocycles. The number of thiophene rings is 1. The van der Waals surface area contributed by atoms with E-state index in [0.717, 1.165) is 46.5 Å². The maximum atomic E-state index is 10.4. The fraction of sp³-hybridized carbons (Fsp3) is 0.381. The first-order valence-electron chi connectivity index (χ1n) is 9.94. The summed E-state index contributed by atoms with van der Waals surface area (Å²) in [6.45, 7) is 5.98. The zero-order valence-electron chi connectivity index (χ0n) is 16.7. The second-order valence-corrected chi connectivity index (χ2v) is 8.05. The number of pyridine rings is 1. The zero-order valence-corrected chi connectivity index (χ0v) is 17.6. The van der Waals surface area contributed by atoms with Gasteiger partial charge in [0.25, 0.3) is 0 Å². The number of hydrogen-bond donors (Lipinski definition) is 2. The third-order valence-corrected chi connectivity index (χ3v) is 5.73. The van der Waals surface area contributed by atoms with Gasteiger partial charge in [-0.15, -0.1) is 11.3 Å². The van der Waals surface area contributed by atoms with E-state index in [1.54, 1.807) is 11.3 Å². The summed E-state index contributed by atoms with van der Waals surface area (Å²) < 4.78 is 3.94. The molecule has 0 fully saturated rings. The van der Waals surface area contributed by atoms with Crippen molar-refractivity contribution in [2.24, 2.45) is 0 Å². The van der Waals surface area contributed by atoms with E-state index < -0.39 is 6.10 Å². The van der Waals surface area contributed by atoms with Crippen LogP contribution in [-0.2, 0) is 19.4 Å². The van der Waals surface area contributed by atoms with Crippen LogP contribution >= 0.6 is 11.3 Å². The molecule has 2 N–H and O–H groups in total. The lowest BCUT2D eigenvalue weighted by molar-refractivity contribution is 0.151. The molecule has 1 unspecified atom stereocenters. The molecule has 4 heterocycles. The molecule has 7 nitrogen and oxygen atoms in total. The number of rotatable bonds is 9. The van der Waals surface area contributed by atoms with E-state index in [9.17, 15) is 5.11 Å². The molecule has 0 spiro atoms. The van der Waals surface area contributed by atoms with Crippen LogP contribution in [0.5, 0.6) is 0 Å². The van der Waals surface area contributed by atoms with Crippen molar-refractivity contribution in [2.75, 3.05) is 13.1 Å². The van der Waals surface area contributed by atoms with Crippen molar-refractivity contribution in [3.63, 3.8) is 0 Å². The molecular formula is C21H26N6OS. The Labute approximate surface area is 174 Å². The molecule has 0 amide bonds. The molecule has 4 rings (SSSR count). The van der Waals surface area contributed by atoms with Crippen LogP contribution in [0.25, 0.3) is 16.2 Å². The monoisotopic (exact) mass is 410 g/mol. The summed E-state index contributed by atoms with van der Waals surface area (Å²) in [5, 5.41) is 20.2. The summed E-state index contributed by atoms with van der Waals surface area (Å²) >= 11 is 1.67. The number of aliphatic hydroxyl groups is 1. The molecule has 4 aromatic rings. The predicted octanol–water partition coefficient (Wildman–Crippen LogP) is 2.72. The largest absolute Gasteiger partial charge is 0.390 e. The number of aromatic nitrogens is 5. The lowest BCUT2D eigenvalue weighted by Gasteiger charge is -2.13. The van der Waals surface area contributed by atoms with Crippen LogP contribution in [0.2, 0.25) is 0 Å². The summed E-state index contributed by atoms with van der Waals surface area (Å²) in [4.78, 5) is 10.6. The van der Waals surface area contributed by atoms with E-state index in [1.807, 2.05) is 48.8 Å². The molecule has 0 aliphatic rings. The summed E-state index contributed by atoms with van der Waals surface area (Å²) in [7, 11) is 0. The van der Waals surface area contributed by atoms with Gasteiger partial charge in [0.2, 0.25) is 0 Å². The van der Waals surface area contributed by atoms with Crippen molar-refractivity contribution >= 4 is 17.0 Å². The molecule has 8 heteroatoms. The third kappa shape index (κ3) is 4.55. The molecule has 29 heavy (non-hydrogen) atoms. The highest BCUT2D eigenvalue weighted by Gasteiger charge is 2.15. The van der Waals surface area contributed by atoms with Crippen LogP contribution in [0, 0.1) is 6.92 Å². The van der Waals surface area contributed by atoms with Gasteiger partial charge in [-0.25, -0.2) is 14.5 Å². The molecule has 0 radical (unpaired) electrons. The fourth-order valence-electron chi connectivity index (χ4n) is 3.37. The quantitative estimate of drug-likeness (QED) is 0.443. The standard InChI is InChI=1S/C21H26N6OS/c1-3-22-12-16(28)13-26-14-17(18-7-5-11-29-18)23-20(26)10-9-19-24-21-8-4-6-15(2)27(21)25-19/h4-8,11,14,16,22,28H,3,9-10,12-13H2,1-2H3. The van der Waals surface area contributed by atoms with Crippen LogP contribution in [0.1, 0.15) is 24.3 Å². The van der Waals surface area contributed by atoms with E-state index in [0.29, 0.717) is 19.5 Å². The second kappa shape index (κ2) is 8.86. The predicted molar refractivity (Wildman–Crippen MR) is 115 cm³/mol. The van der Waals surface area contributed by atoms with Crippen molar-refractivity contribution in [3.05, 3.63) is 59.3 Å². The van der Waals surface area contributed by atoms with Gasteiger partial charge in [0.1, 0.15) is 5.82 Å². The van der Waals surface area contributed by atoms with Crippen LogP contribution in [0.4, 0.5) is 0 Å². The number of nitrogens with one attached hydrogen (secondary N) is 1. The van der Waals surface area contributed by atoms with Gasteiger partial charge in [0.15, 0.2) is 11.5 Å². The van der Waals surface area contributed by atoms with Gasteiger partial charge in [-0.05, 0) is 37.0 Å². The highest BCUT2D eigenvalue weighted by Crippen LogP contribution is 2.24. The summed E-state index contributed by atoms with van der Waals surface area (Å²) in [5.41, 5.74) is 2.88. The van der Waals surface area contributed by atoms with Crippen LogP contribution < -0.4 is 5.32 Å². The van der Waals surface area contributed by atoms with Gasteiger partial charge < -0.3 is 15.0 Å². The Morgan fingerprint density at radius 2 is 2.07 bits per heavy atom. The Kier molecular flexibility index (Phi) is 6.03. The minimum Gasteiger partial charge on any atom is -0.390 e. The molecular weight excluding hydrogens is 384 g/mol. The normalized spacial score (nSPS) is 12.7. The van der Waals surface area contributed by atoms with Crippen LogP contribution in [0.3, 0.4) is 0 Å². The third-order valence-electron chi connectivity index (χ3n) is 4.84. The lowest BCUT2D eigenvalue weighted by atomic mass is 10.2. The number of hydrogen-bond acceptors (Lipinski definition) is 6. The number of likely N-dealkylation sites (N-methyl/N-ethyl adjacent to an activating group) is 1.